The molecule has 0 aliphatic heterocycles. The summed E-state index contributed by atoms with van der Waals surface area (Å²) in [6.45, 7) is 0. The molecule has 0 aromatic carbocycles. The Hall–Kier alpha value is -0.900. The van der Waals surface area contributed by atoms with E-state index in [1.165, 1.54) is 0 Å². The lowest BCUT2D eigenvalue weighted by Gasteiger charge is -2.24. The first-order chi connectivity index (χ1) is 6.13. The van der Waals surface area contributed by atoms with Gasteiger partial charge in [-0.1, -0.05) is 12.2 Å². The number of rotatable bonds is 2. The van der Waals surface area contributed by atoms with Crippen molar-refractivity contribution in [2.75, 3.05) is 0 Å². The van der Waals surface area contributed by atoms with Crippen LogP contribution in [-0.4, -0.2) is 22.1 Å². The summed E-state index contributed by atoms with van der Waals surface area (Å²) in [6, 6.07) is 0. The van der Waals surface area contributed by atoms with Crippen LogP contribution in [0.25, 0.3) is 0 Å². The number of carbonyl (C=O) groups is 1. The molecule has 4 nitrogen and oxygen atoms in total. The van der Waals surface area contributed by atoms with Crippen LogP contribution in [0.3, 0.4) is 0 Å². The van der Waals surface area contributed by atoms with Crippen LogP contribution >= 0.6 is 11.6 Å². The molecule has 0 spiro atoms. The van der Waals surface area contributed by atoms with E-state index in [1.807, 2.05) is 6.08 Å². The van der Waals surface area contributed by atoms with E-state index in [-0.39, 0.29) is 11.8 Å². The number of hydrogen-bond acceptors (Lipinski definition) is 3. The second kappa shape index (κ2) is 2.54. The van der Waals surface area contributed by atoms with Crippen LogP contribution in [0.4, 0.5) is 0 Å². The zero-order valence-electron chi connectivity index (χ0n) is 6.72. The molecule has 0 unspecified atom stereocenters. The maximum atomic E-state index is 10.8. The average molecular weight is 202 g/mol. The number of halogens is 1. The van der Waals surface area contributed by atoms with Crippen molar-refractivity contribution in [1.82, 2.24) is 0 Å². The minimum Gasteiger partial charge on any atom is -0.295 e. The Labute approximate surface area is 79.7 Å². The summed E-state index contributed by atoms with van der Waals surface area (Å²) >= 11 is 5.90. The van der Waals surface area contributed by atoms with E-state index >= 15 is 0 Å². The van der Waals surface area contributed by atoms with Crippen LogP contribution < -0.4 is 0 Å². The highest BCUT2D eigenvalue weighted by Gasteiger charge is 2.65. The highest BCUT2D eigenvalue weighted by atomic mass is 35.5. The predicted octanol–water partition coefficient (Wildman–Crippen LogP) is 1.01. The molecule has 13 heavy (non-hydrogen) atoms. The number of aldehydes is 1. The van der Waals surface area contributed by atoms with Gasteiger partial charge in [0.25, 0.3) is 5.54 Å². The van der Waals surface area contributed by atoms with Gasteiger partial charge in [0.1, 0.15) is 5.38 Å². The van der Waals surface area contributed by atoms with Crippen LogP contribution in [0, 0.1) is 22.0 Å². The molecule has 2 bridgehead atoms. The van der Waals surface area contributed by atoms with Gasteiger partial charge < -0.3 is 0 Å². The van der Waals surface area contributed by atoms with E-state index in [4.69, 9.17) is 11.6 Å². The molecule has 0 amide bonds. The van der Waals surface area contributed by atoms with Crippen LogP contribution in [0.2, 0.25) is 0 Å². The van der Waals surface area contributed by atoms with Gasteiger partial charge >= 0.3 is 0 Å². The van der Waals surface area contributed by atoms with Gasteiger partial charge in [0.2, 0.25) is 0 Å². The molecular formula is C8H8ClNO3. The zero-order chi connectivity index (χ0) is 9.64. The van der Waals surface area contributed by atoms with Crippen molar-refractivity contribution >= 4 is 17.9 Å². The number of hydrogen-bond donors (Lipinski definition) is 0. The van der Waals surface area contributed by atoms with E-state index < -0.39 is 15.8 Å². The monoisotopic (exact) mass is 201 g/mol. The third-order valence-corrected chi connectivity index (χ3v) is 3.71. The van der Waals surface area contributed by atoms with Crippen molar-refractivity contribution < 1.29 is 9.72 Å². The summed E-state index contributed by atoms with van der Waals surface area (Å²) in [7, 11) is 0. The highest BCUT2D eigenvalue weighted by molar-refractivity contribution is 6.23. The van der Waals surface area contributed by atoms with E-state index in [0.717, 1.165) is 0 Å². The number of fused-ring (bicyclic) bond motifs is 2. The van der Waals surface area contributed by atoms with Gasteiger partial charge in [-0.15, -0.1) is 11.6 Å². The first kappa shape index (κ1) is 8.69. The van der Waals surface area contributed by atoms with Crippen molar-refractivity contribution in [3.05, 3.63) is 22.3 Å². The molecule has 0 heterocycles. The minimum atomic E-state index is -1.57. The lowest BCUT2D eigenvalue weighted by atomic mass is 9.86. The Kier molecular flexibility index (Phi) is 1.70. The van der Waals surface area contributed by atoms with Gasteiger partial charge in [0.15, 0.2) is 6.29 Å². The summed E-state index contributed by atoms with van der Waals surface area (Å²) < 4.78 is 0. The molecule has 0 aromatic rings. The Morgan fingerprint density at radius 1 is 1.62 bits per heavy atom. The maximum absolute atomic E-state index is 10.8. The summed E-state index contributed by atoms with van der Waals surface area (Å²) in [4.78, 5) is 21.1. The molecule has 1 fully saturated rings. The molecule has 0 saturated heterocycles. The Morgan fingerprint density at radius 3 is 2.62 bits per heavy atom. The Balaban J connectivity index is 2.47. The molecular weight excluding hydrogens is 194 g/mol. The quantitative estimate of drug-likeness (QED) is 0.220. The largest absolute Gasteiger partial charge is 0.298 e. The molecule has 5 heteroatoms. The number of nitrogens with zero attached hydrogens (tertiary/aromatic N) is 1. The van der Waals surface area contributed by atoms with Gasteiger partial charge in [0, 0.05) is 10.8 Å². The van der Waals surface area contributed by atoms with E-state index in [9.17, 15) is 14.9 Å². The molecule has 70 valence electrons. The molecule has 0 N–H and O–H groups in total. The normalized spacial score (nSPS) is 46.7. The summed E-state index contributed by atoms with van der Waals surface area (Å²) in [5.74, 6) is -0.324. The lowest BCUT2D eigenvalue weighted by Crippen LogP contribution is -2.51. The van der Waals surface area contributed by atoms with Gasteiger partial charge in [-0.3, -0.25) is 14.9 Å². The van der Waals surface area contributed by atoms with E-state index in [2.05, 4.69) is 0 Å². The van der Waals surface area contributed by atoms with Crippen molar-refractivity contribution in [3.63, 3.8) is 0 Å². The highest BCUT2D eigenvalue weighted by Crippen LogP contribution is 2.49. The number of allylic oxidation sites excluding steroid dienone is 1. The van der Waals surface area contributed by atoms with E-state index in [1.54, 1.807) is 6.08 Å². The minimum absolute atomic E-state index is 0.0118. The van der Waals surface area contributed by atoms with Gasteiger partial charge in [-0.2, -0.15) is 0 Å². The summed E-state index contributed by atoms with van der Waals surface area (Å²) in [5, 5.41) is 10.1. The SMILES string of the molecule is O=C[C@]1([N+](=O)[O-])[C@H]2C=C[C@H](C2)[C@@H]1Cl. The topological polar surface area (TPSA) is 60.2 Å². The lowest BCUT2D eigenvalue weighted by molar-refractivity contribution is -0.553. The third kappa shape index (κ3) is 0.839. The molecule has 2 rings (SSSR count). The number of nitro groups is 1. The molecule has 0 radical (unpaired) electrons. The number of carbonyl (C=O) groups excluding carboxylic acids is 1. The first-order valence-electron chi connectivity index (χ1n) is 4.06. The fourth-order valence-electron chi connectivity index (χ4n) is 2.27. The standard InChI is InChI=1S/C8H8ClNO3/c9-7-5-1-2-6(3-5)8(7,4-11)10(12)13/h1-2,4-7H,3H2/t5-,6+,7+,8+/m1/s1. The Bertz CT molecular complexity index is 304. The van der Waals surface area contributed by atoms with Crippen molar-refractivity contribution in [2.24, 2.45) is 11.8 Å². The fourth-order valence-corrected chi connectivity index (χ4v) is 2.75. The van der Waals surface area contributed by atoms with E-state index in [0.29, 0.717) is 12.7 Å². The van der Waals surface area contributed by atoms with Gasteiger partial charge in [-0.25, -0.2) is 0 Å². The smallest absolute Gasteiger partial charge is 0.295 e. The van der Waals surface area contributed by atoms with Crippen LogP contribution in [0.15, 0.2) is 12.2 Å². The summed E-state index contributed by atoms with van der Waals surface area (Å²) in [6.07, 6.45) is 4.64. The first-order valence-corrected chi connectivity index (χ1v) is 4.49. The van der Waals surface area contributed by atoms with Crippen molar-refractivity contribution in [2.45, 2.75) is 17.3 Å². The van der Waals surface area contributed by atoms with Crippen LogP contribution in [0.5, 0.6) is 0 Å². The maximum Gasteiger partial charge on any atom is 0.298 e. The fraction of sp³-hybridized carbons (Fsp3) is 0.625. The molecule has 4 atom stereocenters. The van der Waals surface area contributed by atoms with Gasteiger partial charge in [0.05, 0.1) is 5.92 Å². The number of alkyl halides is 1. The van der Waals surface area contributed by atoms with Crippen LogP contribution in [-0.2, 0) is 4.79 Å². The Morgan fingerprint density at radius 2 is 2.31 bits per heavy atom. The molecule has 1 saturated carbocycles. The molecule has 2 aliphatic carbocycles. The van der Waals surface area contributed by atoms with Gasteiger partial charge in [-0.05, 0) is 6.42 Å². The third-order valence-electron chi connectivity index (χ3n) is 3.03. The molecule has 2 aliphatic rings. The van der Waals surface area contributed by atoms with Crippen molar-refractivity contribution in [1.29, 1.82) is 0 Å². The summed E-state index contributed by atoms with van der Waals surface area (Å²) in [5.41, 5.74) is -1.57. The predicted molar refractivity (Wildman–Crippen MR) is 46.2 cm³/mol. The average Bonchev–Trinajstić information content (AvgIpc) is 2.63. The van der Waals surface area contributed by atoms with Crippen LogP contribution in [0.1, 0.15) is 6.42 Å². The zero-order valence-corrected chi connectivity index (χ0v) is 7.48. The second-order valence-corrected chi connectivity index (χ2v) is 4.03. The molecule has 0 aromatic heterocycles. The van der Waals surface area contributed by atoms with Crippen molar-refractivity contribution in [3.8, 4) is 0 Å². The second-order valence-electron chi connectivity index (χ2n) is 3.55.